The second-order valence-electron chi connectivity index (χ2n) is 8.14. The normalized spacial score (nSPS) is 12.2. The molecule has 0 radical (unpaired) electrons. The van der Waals surface area contributed by atoms with Crippen molar-refractivity contribution < 1.29 is 4.74 Å². The van der Waals surface area contributed by atoms with Gasteiger partial charge in [-0.25, -0.2) is 0 Å². The van der Waals surface area contributed by atoms with E-state index in [-0.39, 0.29) is 12.2 Å². The van der Waals surface area contributed by atoms with E-state index in [2.05, 4.69) is 97.1 Å². The van der Waals surface area contributed by atoms with Crippen LogP contribution in [0.25, 0.3) is 24.3 Å². The van der Waals surface area contributed by atoms with E-state index in [4.69, 9.17) is 4.74 Å². The smallest absolute Gasteiger partial charge is 0.0956 e. The highest BCUT2D eigenvalue weighted by molar-refractivity contribution is 5.55. The summed E-state index contributed by atoms with van der Waals surface area (Å²) in [4.78, 5) is 0. The Hall–Kier alpha value is -4.20. The van der Waals surface area contributed by atoms with Crippen LogP contribution < -0.4 is 0 Å². The maximum Gasteiger partial charge on any atom is 0.0956 e. The van der Waals surface area contributed by atoms with Crippen molar-refractivity contribution in [2.24, 2.45) is 0 Å². The molecule has 0 amide bonds. The van der Waals surface area contributed by atoms with Crippen LogP contribution >= 0.6 is 0 Å². The minimum Gasteiger partial charge on any atom is -0.359 e. The van der Waals surface area contributed by atoms with Gasteiger partial charge < -0.3 is 4.74 Å². The molecule has 0 atom stereocenters. The second-order valence-corrected chi connectivity index (χ2v) is 8.14. The minimum absolute atomic E-state index is 0.207. The van der Waals surface area contributed by atoms with Crippen molar-refractivity contribution in [3.8, 4) is 0 Å². The van der Waals surface area contributed by atoms with Gasteiger partial charge in [-0.3, -0.25) is 0 Å². The predicted octanol–water partition coefficient (Wildman–Crippen LogP) is 8.59. The van der Waals surface area contributed by atoms with E-state index in [1.165, 1.54) is 0 Å². The Balaban J connectivity index is 1.59. The summed E-state index contributed by atoms with van der Waals surface area (Å²) in [7, 11) is 0. The van der Waals surface area contributed by atoms with E-state index in [9.17, 15) is 0 Å². The summed E-state index contributed by atoms with van der Waals surface area (Å²) in [6.45, 7) is 0. The van der Waals surface area contributed by atoms with Gasteiger partial charge in [0, 0.05) is 0 Å². The van der Waals surface area contributed by atoms with Gasteiger partial charge in [-0.1, -0.05) is 170 Å². The van der Waals surface area contributed by atoms with Crippen LogP contribution in [0, 0.1) is 0 Å². The van der Waals surface area contributed by atoms with Crippen LogP contribution in [0.2, 0.25) is 0 Å². The molecule has 0 aromatic heterocycles. The summed E-state index contributed by atoms with van der Waals surface area (Å²) < 4.78 is 6.59. The van der Waals surface area contributed by atoms with Gasteiger partial charge in [0.1, 0.15) is 0 Å². The molecule has 0 heterocycles. The van der Waals surface area contributed by atoms with Crippen LogP contribution in [0.15, 0.2) is 146 Å². The molecule has 0 aliphatic carbocycles. The number of hydrogen-bond acceptors (Lipinski definition) is 1. The third-order valence-corrected chi connectivity index (χ3v) is 5.43. The lowest BCUT2D eigenvalue weighted by atomic mass is 10.1. The first-order chi connectivity index (χ1) is 17.3. The van der Waals surface area contributed by atoms with E-state index < -0.39 is 0 Å². The summed E-state index contributed by atoms with van der Waals surface area (Å²) in [6.07, 6.45) is 16.4. The third-order valence-electron chi connectivity index (χ3n) is 5.43. The molecule has 0 spiro atoms. The van der Waals surface area contributed by atoms with E-state index in [1.807, 2.05) is 72.8 Å². The molecule has 4 aromatic carbocycles. The molecule has 1 nitrogen and oxygen atoms in total. The van der Waals surface area contributed by atoms with Gasteiger partial charge in [-0.15, -0.1) is 0 Å². The van der Waals surface area contributed by atoms with Gasteiger partial charge in [-0.05, 0) is 22.3 Å². The molecular weight excluding hydrogens is 424 g/mol. The van der Waals surface area contributed by atoms with Crippen LogP contribution in [0.4, 0.5) is 0 Å². The highest BCUT2D eigenvalue weighted by atomic mass is 16.5. The van der Waals surface area contributed by atoms with Gasteiger partial charge in [0.25, 0.3) is 0 Å². The van der Waals surface area contributed by atoms with Crippen molar-refractivity contribution in [1.82, 2.24) is 0 Å². The zero-order valence-electron chi connectivity index (χ0n) is 19.7. The van der Waals surface area contributed by atoms with E-state index in [1.54, 1.807) is 0 Å². The van der Waals surface area contributed by atoms with Crippen molar-refractivity contribution in [1.29, 1.82) is 0 Å². The monoisotopic (exact) mass is 454 g/mol. The van der Waals surface area contributed by atoms with E-state index in [0.29, 0.717) is 0 Å². The molecule has 0 saturated carbocycles. The van der Waals surface area contributed by atoms with Crippen LogP contribution in [0.1, 0.15) is 22.3 Å². The standard InChI is InChI=1S/C34H30O/c1-5-13-29(14-6-1)21-25-33(26-22-30-15-7-2-8-16-30)35-34(27-23-31-17-9-3-10-18-31)28-24-32-19-11-4-12-20-32/h1-28,33-34H/b25-21+,26-22+,27-23+,28-24+. The molecule has 0 aliphatic heterocycles. The molecule has 0 fully saturated rings. The average Bonchev–Trinajstić information content (AvgIpc) is 2.93. The fourth-order valence-electron chi connectivity index (χ4n) is 3.57. The van der Waals surface area contributed by atoms with Gasteiger partial charge >= 0.3 is 0 Å². The SMILES string of the molecule is C(=C\C(/C=C/c1ccccc1)OC(/C=C/c1ccccc1)/C=C/c1ccccc1)/c1ccccc1. The van der Waals surface area contributed by atoms with Crippen LogP contribution in [-0.4, -0.2) is 12.2 Å². The highest BCUT2D eigenvalue weighted by Crippen LogP contribution is 2.14. The molecule has 0 bridgehead atoms. The molecule has 0 unspecified atom stereocenters. The number of hydrogen-bond donors (Lipinski definition) is 0. The fraction of sp³-hybridized carbons (Fsp3) is 0.0588. The van der Waals surface area contributed by atoms with Gasteiger partial charge in [0.05, 0.1) is 12.2 Å². The molecule has 4 rings (SSSR count). The van der Waals surface area contributed by atoms with Crippen molar-refractivity contribution in [2.45, 2.75) is 12.2 Å². The lowest BCUT2D eigenvalue weighted by molar-refractivity contribution is 0.0982. The molecule has 0 saturated heterocycles. The quantitative estimate of drug-likeness (QED) is 0.233. The minimum atomic E-state index is -0.207. The molecule has 172 valence electrons. The second kappa shape index (κ2) is 13.5. The zero-order chi connectivity index (χ0) is 24.0. The molecule has 0 N–H and O–H groups in total. The Bertz CT molecular complexity index is 1040. The summed E-state index contributed by atoms with van der Waals surface area (Å²) in [6, 6.07) is 41.2. The lowest BCUT2D eigenvalue weighted by Crippen LogP contribution is -2.15. The van der Waals surface area contributed by atoms with Crippen LogP contribution in [-0.2, 0) is 4.74 Å². The van der Waals surface area contributed by atoms with Gasteiger partial charge in [-0.2, -0.15) is 0 Å². The average molecular weight is 455 g/mol. The fourth-order valence-corrected chi connectivity index (χ4v) is 3.57. The maximum atomic E-state index is 6.59. The summed E-state index contributed by atoms with van der Waals surface area (Å²) in [5.74, 6) is 0. The Kier molecular flexibility index (Phi) is 9.23. The largest absolute Gasteiger partial charge is 0.359 e. The van der Waals surface area contributed by atoms with Crippen molar-refractivity contribution in [3.05, 3.63) is 168 Å². The Morgan fingerprint density at radius 3 is 0.800 bits per heavy atom. The number of ether oxygens (including phenoxy) is 1. The topological polar surface area (TPSA) is 9.23 Å². The molecule has 35 heavy (non-hydrogen) atoms. The Morgan fingerprint density at radius 1 is 0.343 bits per heavy atom. The molecular formula is C34H30O. The molecule has 4 aromatic rings. The van der Waals surface area contributed by atoms with E-state index in [0.717, 1.165) is 22.3 Å². The molecule has 0 aliphatic rings. The predicted molar refractivity (Wildman–Crippen MR) is 151 cm³/mol. The van der Waals surface area contributed by atoms with Gasteiger partial charge in [0.15, 0.2) is 0 Å². The van der Waals surface area contributed by atoms with E-state index >= 15 is 0 Å². The number of rotatable bonds is 10. The number of benzene rings is 4. The third kappa shape index (κ3) is 8.58. The summed E-state index contributed by atoms with van der Waals surface area (Å²) >= 11 is 0. The highest BCUT2D eigenvalue weighted by Gasteiger charge is 2.08. The Labute approximate surface area is 209 Å². The van der Waals surface area contributed by atoms with Crippen molar-refractivity contribution >= 4 is 24.3 Å². The maximum absolute atomic E-state index is 6.59. The van der Waals surface area contributed by atoms with Crippen LogP contribution in [0.3, 0.4) is 0 Å². The van der Waals surface area contributed by atoms with Crippen molar-refractivity contribution in [3.63, 3.8) is 0 Å². The van der Waals surface area contributed by atoms with Gasteiger partial charge in [0.2, 0.25) is 0 Å². The van der Waals surface area contributed by atoms with Crippen molar-refractivity contribution in [2.75, 3.05) is 0 Å². The first-order valence-electron chi connectivity index (χ1n) is 11.9. The lowest BCUT2D eigenvalue weighted by Gasteiger charge is -2.16. The zero-order valence-corrected chi connectivity index (χ0v) is 19.7. The summed E-state index contributed by atoms with van der Waals surface area (Å²) in [5.41, 5.74) is 4.58. The first kappa shape index (κ1) is 23.9. The Morgan fingerprint density at radius 2 is 0.571 bits per heavy atom. The van der Waals surface area contributed by atoms with Crippen LogP contribution in [0.5, 0.6) is 0 Å². The first-order valence-corrected chi connectivity index (χ1v) is 11.9. The summed E-state index contributed by atoms with van der Waals surface area (Å²) in [5, 5.41) is 0. The molecule has 1 heteroatoms.